The number of carbonyl (C=O) groups is 1. The summed E-state index contributed by atoms with van der Waals surface area (Å²) in [7, 11) is 0. The Bertz CT molecular complexity index is 482. The van der Waals surface area contributed by atoms with Crippen molar-refractivity contribution in [3.05, 3.63) is 28.0 Å². The number of fused-ring (bicyclic) bond motifs is 1. The lowest BCUT2D eigenvalue weighted by Crippen LogP contribution is -2.27. The van der Waals surface area contributed by atoms with Gasteiger partial charge < -0.3 is 9.47 Å². The third-order valence-electron chi connectivity index (χ3n) is 2.88. The lowest BCUT2D eigenvalue weighted by molar-refractivity contribution is -0.155. The molecule has 0 amide bonds. The van der Waals surface area contributed by atoms with E-state index in [9.17, 15) is 4.79 Å². The molecule has 0 fully saturated rings. The molecule has 5 heteroatoms. The van der Waals surface area contributed by atoms with Crippen molar-refractivity contribution in [1.29, 1.82) is 0 Å². The molecule has 1 aliphatic heterocycles. The van der Waals surface area contributed by atoms with Crippen LogP contribution in [0, 0.1) is 0 Å². The van der Waals surface area contributed by atoms with Crippen molar-refractivity contribution in [3.63, 3.8) is 0 Å². The molecule has 19 heavy (non-hydrogen) atoms. The van der Waals surface area contributed by atoms with Crippen molar-refractivity contribution in [1.82, 2.24) is 4.98 Å². The van der Waals surface area contributed by atoms with Crippen LogP contribution in [0.1, 0.15) is 44.2 Å². The number of pyridine rings is 1. The zero-order valence-corrected chi connectivity index (χ0v) is 13.0. The van der Waals surface area contributed by atoms with Gasteiger partial charge in [-0.15, -0.1) is 0 Å². The van der Waals surface area contributed by atoms with Gasteiger partial charge in [0.15, 0.2) is 0 Å². The first-order chi connectivity index (χ1) is 8.87. The minimum absolute atomic E-state index is 0.0172. The van der Waals surface area contributed by atoms with Gasteiger partial charge in [0.1, 0.15) is 5.60 Å². The van der Waals surface area contributed by atoms with Crippen LogP contribution < -0.4 is 0 Å². The van der Waals surface area contributed by atoms with Crippen LogP contribution in [0.4, 0.5) is 0 Å². The Morgan fingerprint density at radius 1 is 1.53 bits per heavy atom. The fourth-order valence-corrected chi connectivity index (χ4v) is 2.59. The van der Waals surface area contributed by atoms with Gasteiger partial charge >= 0.3 is 5.97 Å². The van der Waals surface area contributed by atoms with Gasteiger partial charge in [-0.1, -0.05) is 0 Å². The second kappa shape index (κ2) is 5.59. The van der Waals surface area contributed by atoms with Crippen LogP contribution in [0.25, 0.3) is 0 Å². The minimum atomic E-state index is -0.453. The van der Waals surface area contributed by atoms with Crippen LogP contribution in [0.15, 0.2) is 16.9 Å². The molecule has 0 aromatic carbocycles. The van der Waals surface area contributed by atoms with Gasteiger partial charge in [0.2, 0.25) is 0 Å². The summed E-state index contributed by atoms with van der Waals surface area (Å²) in [5.74, 6) is -0.183. The Kier molecular flexibility index (Phi) is 4.26. The largest absolute Gasteiger partial charge is 0.460 e. The SMILES string of the molecule is CC(C)(C)OC(=O)CC1COCc2c(Br)cncc21. The minimum Gasteiger partial charge on any atom is -0.460 e. The summed E-state index contributed by atoms with van der Waals surface area (Å²) in [6, 6.07) is 0. The molecule has 4 nitrogen and oxygen atoms in total. The van der Waals surface area contributed by atoms with E-state index in [2.05, 4.69) is 20.9 Å². The van der Waals surface area contributed by atoms with Gasteiger partial charge in [-0.05, 0) is 47.8 Å². The summed E-state index contributed by atoms with van der Waals surface area (Å²) in [4.78, 5) is 16.1. The van der Waals surface area contributed by atoms with Crippen LogP contribution in [-0.4, -0.2) is 23.2 Å². The highest BCUT2D eigenvalue weighted by Gasteiger charge is 2.27. The van der Waals surface area contributed by atoms with E-state index in [1.165, 1.54) is 0 Å². The van der Waals surface area contributed by atoms with Crippen molar-refractivity contribution in [3.8, 4) is 0 Å². The maximum Gasteiger partial charge on any atom is 0.307 e. The molecule has 1 atom stereocenters. The summed E-state index contributed by atoms with van der Waals surface area (Å²) >= 11 is 3.47. The van der Waals surface area contributed by atoms with Crippen LogP contribution in [0.5, 0.6) is 0 Å². The number of ether oxygens (including phenoxy) is 2. The van der Waals surface area contributed by atoms with Crippen molar-refractivity contribution < 1.29 is 14.3 Å². The second-order valence-electron chi connectivity index (χ2n) is 5.69. The molecule has 1 unspecified atom stereocenters. The molecular formula is C14H18BrNO3. The highest BCUT2D eigenvalue weighted by molar-refractivity contribution is 9.10. The van der Waals surface area contributed by atoms with E-state index in [0.717, 1.165) is 15.6 Å². The second-order valence-corrected chi connectivity index (χ2v) is 6.55. The van der Waals surface area contributed by atoms with E-state index >= 15 is 0 Å². The Hall–Kier alpha value is -0.940. The fourth-order valence-electron chi connectivity index (χ4n) is 2.13. The Labute approximate surface area is 121 Å². The molecule has 0 saturated carbocycles. The van der Waals surface area contributed by atoms with E-state index in [0.29, 0.717) is 19.6 Å². The number of carbonyl (C=O) groups excluding carboxylic acids is 1. The van der Waals surface area contributed by atoms with Gasteiger partial charge in [0.05, 0.1) is 19.6 Å². The zero-order chi connectivity index (χ0) is 14.0. The third-order valence-corrected chi connectivity index (χ3v) is 3.56. The van der Waals surface area contributed by atoms with Crippen LogP contribution in [-0.2, 0) is 20.9 Å². The first-order valence-corrected chi connectivity index (χ1v) is 7.08. The Morgan fingerprint density at radius 3 is 2.95 bits per heavy atom. The first kappa shape index (κ1) is 14.5. The molecule has 2 heterocycles. The van der Waals surface area contributed by atoms with Crippen molar-refractivity contribution in [2.24, 2.45) is 0 Å². The molecule has 0 aliphatic carbocycles. The average Bonchev–Trinajstić information content (AvgIpc) is 2.28. The number of nitrogens with zero attached hydrogens (tertiary/aromatic N) is 1. The Morgan fingerprint density at radius 2 is 2.26 bits per heavy atom. The lowest BCUT2D eigenvalue weighted by atomic mass is 9.92. The Balaban J connectivity index is 2.12. The monoisotopic (exact) mass is 327 g/mol. The number of aromatic nitrogens is 1. The van der Waals surface area contributed by atoms with Gasteiger partial charge in [0.25, 0.3) is 0 Å². The fraction of sp³-hybridized carbons (Fsp3) is 0.571. The van der Waals surface area contributed by atoms with Crippen LogP contribution in [0.3, 0.4) is 0 Å². The van der Waals surface area contributed by atoms with E-state index in [1.807, 2.05) is 27.0 Å². The molecule has 104 valence electrons. The van der Waals surface area contributed by atoms with E-state index < -0.39 is 5.60 Å². The molecule has 0 radical (unpaired) electrons. The van der Waals surface area contributed by atoms with E-state index in [4.69, 9.17) is 9.47 Å². The third kappa shape index (κ3) is 3.76. The molecule has 0 spiro atoms. The number of hydrogen-bond acceptors (Lipinski definition) is 4. The van der Waals surface area contributed by atoms with Crippen molar-refractivity contribution in [2.45, 2.75) is 45.3 Å². The average molecular weight is 328 g/mol. The van der Waals surface area contributed by atoms with Gasteiger partial charge in [-0.3, -0.25) is 9.78 Å². The quantitative estimate of drug-likeness (QED) is 0.783. The smallest absolute Gasteiger partial charge is 0.307 e. The number of esters is 1. The summed E-state index contributed by atoms with van der Waals surface area (Å²) in [6.07, 6.45) is 3.89. The normalized spacial score (nSPS) is 18.8. The van der Waals surface area contributed by atoms with Crippen molar-refractivity contribution in [2.75, 3.05) is 6.61 Å². The van der Waals surface area contributed by atoms with Crippen LogP contribution in [0.2, 0.25) is 0 Å². The maximum absolute atomic E-state index is 11.9. The lowest BCUT2D eigenvalue weighted by Gasteiger charge is -2.27. The molecule has 1 aliphatic rings. The standard InChI is InChI=1S/C14H18BrNO3/c1-14(2,3)19-13(17)4-9-7-18-8-11-10(9)5-16-6-12(11)15/h5-6,9H,4,7-8H2,1-3H3. The molecule has 0 N–H and O–H groups in total. The van der Waals surface area contributed by atoms with Crippen LogP contribution >= 0.6 is 15.9 Å². The highest BCUT2D eigenvalue weighted by atomic mass is 79.9. The zero-order valence-electron chi connectivity index (χ0n) is 11.4. The van der Waals surface area contributed by atoms with Crippen molar-refractivity contribution >= 4 is 21.9 Å². The summed E-state index contributed by atoms with van der Waals surface area (Å²) in [5.41, 5.74) is 1.70. The van der Waals surface area contributed by atoms with Gasteiger partial charge in [0, 0.05) is 22.8 Å². The van der Waals surface area contributed by atoms with Gasteiger partial charge in [-0.25, -0.2) is 0 Å². The number of hydrogen-bond donors (Lipinski definition) is 0. The number of rotatable bonds is 2. The summed E-state index contributed by atoms with van der Waals surface area (Å²) in [5, 5.41) is 0. The summed E-state index contributed by atoms with van der Waals surface area (Å²) in [6.45, 7) is 6.70. The number of halogens is 1. The molecule has 1 aromatic heterocycles. The highest BCUT2D eigenvalue weighted by Crippen LogP contribution is 2.33. The predicted molar refractivity (Wildman–Crippen MR) is 74.8 cm³/mol. The summed E-state index contributed by atoms with van der Waals surface area (Å²) < 4.78 is 11.8. The maximum atomic E-state index is 11.9. The molecule has 0 bridgehead atoms. The molecular weight excluding hydrogens is 310 g/mol. The van der Waals surface area contributed by atoms with E-state index in [-0.39, 0.29) is 11.9 Å². The van der Waals surface area contributed by atoms with Gasteiger partial charge in [-0.2, -0.15) is 0 Å². The van der Waals surface area contributed by atoms with E-state index in [1.54, 1.807) is 6.20 Å². The molecule has 2 rings (SSSR count). The molecule has 0 saturated heterocycles. The topological polar surface area (TPSA) is 48.4 Å². The predicted octanol–water partition coefficient (Wildman–Crippen LogP) is 3.19. The molecule has 1 aromatic rings. The first-order valence-electron chi connectivity index (χ1n) is 6.28.